The fourth-order valence-corrected chi connectivity index (χ4v) is 2.73. The molecule has 1 saturated heterocycles. The maximum Gasteiger partial charge on any atom is 0.170 e. The lowest BCUT2D eigenvalue weighted by Gasteiger charge is -2.22. The molecule has 2 fully saturated rings. The Morgan fingerprint density at radius 2 is 2.20 bits per heavy atom. The Bertz CT molecular complexity index is 473. The van der Waals surface area contributed by atoms with Crippen LogP contribution in [0.3, 0.4) is 0 Å². The van der Waals surface area contributed by atoms with Gasteiger partial charge in [-0.3, -0.25) is 0 Å². The van der Waals surface area contributed by atoms with E-state index in [4.69, 9.17) is 0 Å². The summed E-state index contributed by atoms with van der Waals surface area (Å²) in [5.74, 6) is 0.365. The third-order valence-corrected chi connectivity index (χ3v) is 4.30. The van der Waals surface area contributed by atoms with Crippen molar-refractivity contribution in [3.8, 4) is 0 Å². The first-order chi connectivity index (χ1) is 9.65. The lowest BCUT2D eigenvalue weighted by molar-refractivity contribution is 0.315. The summed E-state index contributed by atoms with van der Waals surface area (Å²) in [5, 5.41) is 3.36. The Morgan fingerprint density at radius 3 is 2.85 bits per heavy atom. The second kappa shape index (κ2) is 5.66. The maximum absolute atomic E-state index is 14.6. The van der Waals surface area contributed by atoms with E-state index in [1.807, 2.05) is 0 Å². The van der Waals surface area contributed by atoms with Crippen LogP contribution >= 0.6 is 0 Å². The van der Waals surface area contributed by atoms with E-state index in [2.05, 4.69) is 34.2 Å². The molecule has 2 heterocycles. The van der Waals surface area contributed by atoms with Gasteiger partial charge in [-0.1, -0.05) is 0 Å². The summed E-state index contributed by atoms with van der Waals surface area (Å²) < 4.78 is 14.6. The van der Waals surface area contributed by atoms with Gasteiger partial charge in [-0.05, 0) is 39.4 Å². The lowest BCUT2D eigenvalue weighted by atomic mass is 10.2. The molecule has 1 unspecified atom stereocenters. The smallest absolute Gasteiger partial charge is 0.170 e. The lowest BCUT2D eigenvalue weighted by Crippen LogP contribution is -2.32. The molecule has 1 N–H and O–H groups in total. The van der Waals surface area contributed by atoms with Gasteiger partial charge >= 0.3 is 0 Å². The molecular weight excluding hydrogens is 255 g/mol. The summed E-state index contributed by atoms with van der Waals surface area (Å²) in [5.41, 5.74) is 0.732. The fraction of sp³-hybridized carbons (Fsp3) is 0.667. The Labute approximate surface area is 120 Å². The topological polar surface area (TPSA) is 31.4 Å². The second-order valence-electron chi connectivity index (χ2n) is 6.11. The predicted octanol–water partition coefficient (Wildman–Crippen LogP) is 1.61. The number of hydrogen-bond acceptors (Lipinski definition) is 4. The number of pyridine rings is 1. The highest BCUT2D eigenvalue weighted by atomic mass is 19.1. The largest absolute Gasteiger partial charge is 0.353 e. The van der Waals surface area contributed by atoms with Crippen LogP contribution in [0, 0.1) is 5.82 Å². The average molecular weight is 278 g/mol. The van der Waals surface area contributed by atoms with Crippen molar-refractivity contribution in [2.24, 2.45) is 0 Å². The van der Waals surface area contributed by atoms with Crippen LogP contribution in [0.4, 0.5) is 10.2 Å². The van der Waals surface area contributed by atoms with Gasteiger partial charge in [-0.2, -0.15) is 0 Å². The minimum Gasteiger partial charge on any atom is -0.353 e. The zero-order valence-corrected chi connectivity index (χ0v) is 12.3. The first-order valence-electron chi connectivity index (χ1n) is 7.43. The number of likely N-dealkylation sites (N-methyl/N-ethyl adjacent to an activating group) is 1. The molecule has 0 amide bonds. The van der Waals surface area contributed by atoms with Gasteiger partial charge in [-0.25, -0.2) is 9.37 Å². The van der Waals surface area contributed by atoms with E-state index in [1.165, 1.54) is 12.8 Å². The summed E-state index contributed by atoms with van der Waals surface area (Å²) in [7, 11) is 4.15. The monoisotopic (exact) mass is 278 g/mol. The van der Waals surface area contributed by atoms with Crippen LogP contribution in [-0.2, 0) is 6.54 Å². The molecule has 1 atom stereocenters. The number of nitrogens with one attached hydrogen (secondary N) is 1. The standard InChI is InChI=1S/C15H23FN4/c1-19(2)13-6-8-20(10-13)15-14(16)11(5-7-17-15)9-18-12-3-4-12/h5,7,12-13,18H,3-4,6,8-10H2,1-2H3. The first kappa shape index (κ1) is 13.8. The molecule has 1 aromatic heterocycles. The molecule has 1 saturated carbocycles. The summed E-state index contributed by atoms with van der Waals surface area (Å²) >= 11 is 0. The van der Waals surface area contributed by atoms with Crippen LogP contribution in [0.15, 0.2) is 12.3 Å². The van der Waals surface area contributed by atoms with Crippen molar-refractivity contribution in [2.75, 3.05) is 32.1 Å². The predicted molar refractivity (Wildman–Crippen MR) is 78.4 cm³/mol. The Kier molecular flexibility index (Phi) is 3.89. The SMILES string of the molecule is CN(C)C1CCN(c2nccc(CNC3CC3)c2F)C1. The molecule has 20 heavy (non-hydrogen) atoms. The van der Waals surface area contributed by atoms with Crippen molar-refractivity contribution < 1.29 is 4.39 Å². The summed E-state index contributed by atoms with van der Waals surface area (Å²) in [6, 6.07) is 2.87. The van der Waals surface area contributed by atoms with Gasteiger partial charge in [0.25, 0.3) is 0 Å². The molecule has 0 bridgehead atoms. The highest BCUT2D eigenvalue weighted by Gasteiger charge is 2.27. The first-order valence-corrected chi connectivity index (χ1v) is 7.43. The Hall–Kier alpha value is -1.20. The quantitative estimate of drug-likeness (QED) is 0.887. The highest BCUT2D eigenvalue weighted by molar-refractivity contribution is 5.44. The number of rotatable bonds is 5. The number of hydrogen-bond donors (Lipinski definition) is 1. The number of nitrogens with zero attached hydrogens (tertiary/aromatic N) is 3. The molecule has 1 aliphatic carbocycles. The van der Waals surface area contributed by atoms with E-state index in [-0.39, 0.29) is 5.82 Å². The summed E-state index contributed by atoms with van der Waals surface area (Å²) in [4.78, 5) is 8.54. The van der Waals surface area contributed by atoms with Gasteiger partial charge in [0.2, 0.25) is 0 Å². The molecule has 3 rings (SSSR count). The Balaban J connectivity index is 1.71. The van der Waals surface area contributed by atoms with E-state index >= 15 is 0 Å². The van der Waals surface area contributed by atoms with Gasteiger partial charge in [0.15, 0.2) is 11.6 Å². The summed E-state index contributed by atoms with van der Waals surface area (Å²) in [6.45, 7) is 2.35. The molecule has 0 spiro atoms. The van der Waals surface area contributed by atoms with Crippen molar-refractivity contribution in [2.45, 2.75) is 37.9 Å². The molecule has 0 aromatic carbocycles. The highest BCUT2D eigenvalue weighted by Crippen LogP contribution is 2.25. The van der Waals surface area contributed by atoms with Crippen LogP contribution < -0.4 is 10.2 Å². The van der Waals surface area contributed by atoms with Crippen molar-refractivity contribution in [1.82, 2.24) is 15.2 Å². The van der Waals surface area contributed by atoms with Crippen molar-refractivity contribution >= 4 is 5.82 Å². The van der Waals surface area contributed by atoms with Gasteiger partial charge < -0.3 is 15.1 Å². The number of aromatic nitrogens is 1. The van der Waals surface area contributed by atoms with Crippen LogP contribution in [0.1, 0.15) is 24.8 Å². The number of halogens is 1. The Morgan fingerprint density at radius 1 is 1.40 bits per heavy atom. The van der Waals surface area contributed by atoms with Crippen molar-refractivity contribution in [1.29, 1.82) is 0 Å². The molecular formula is C15H23FN4. The fourth-order valence-electron chi connectivity index (χ4n) is 2.73. The van der Waals surface area contributed by atoms with Crippen LogP contribution in [0.5, 0.6) is 0 Å². The average Bonchev–Trinajstić information content (AvgIpc) is 3.12. The van der Waals surface area contributed by atoms with E-state index in [0.717, 1.165) is 25.1 Å². The third-order valence-electron chi connectivity index (χ3n) is 4.30. The van der Waals surface area contributed by atoms with Gasteiger partial charge in [-0.15, -0.1) is 0 Å². The van der Waals surface area contributed by atoms with Gasteiger partial charge in [0, 0.05) is 43.5 Å². The zero-order valence-electron chi connectivity index (χ0n) is 12.3. The molecule has 5 heteroatoms. The van der Waals surface area contributed by atoms with Gasteiger partial charge in [0.05, 0.1) is 0 Å². The molecule has 2 aliphatic rings. The second-order valence-corrected chi connectivity index (χ2v) is 6.11. The van der Waals surface area contributed by atoms with E-state index in [9.17, 15) is 4.39 Å². The zero-order chi connectivity index (χ0) is 14.1. The molecule has 1 aromatic rings. The minimum atomic E-state index is -0.153. The van der Waals surface area contributed by atoms with Crippen molar-refractivity contribution in [3.63, 3.8) is 0 Å². The summed E-state index contributed by atoms with van der Waals surface area (Å²) in [6.07, 6.45) is 5.23. The molecule has 1 aliphatic heterocycles. The van der Waals surface area contributed by atoms with Crippen LogP contribution in [-0.4, -0.2) is 49.2 Å². The van der Waals surface area contributed by atoms with E-state index < -0.39 is 0 Å². The molecule has 110 valence electrons. The molecule has 4 nitrogen and oxygen atoms in total. The maximum atomic E-state index is 14.6. The van der Waals surface area contributed by atoms with Crippen LogP contribution in [0.25, 0.3) is 0 Å². The van der Waals surface area contributed by atoms with Gasteiger partial charge in [0.1, 0.15) is 0 Å². The van der Waals surface area contributed by atoms with E-state index in [0.29, 0.717) is 24.4 Å². The normalized spacial score (nSPS) is 22.8. The third kappa shape index (κ3) is 2.94. The van der Waals surface area contributed by atoms with Crippen molar-refractivity contribution in [3.05, 3.63) is 23.6 Å². The van der Waals surface area contributed by atoms with Crippen LogP contribution in [0.2, 0.25) is 0 Å². The van der Waals surface area contributed by atoms with E-state index in [1.54, 1.807) is 12.3 Å². The number of anilines is 1. The minimum absolute atomic E-state index is 0.153. The molecule has 0 radical (unpaired) electrons.